The van der Waals surface area contributed by atoms with E-state index in [9.17, 15) is 0 Å². The lowest BCUT2D eigenvalue weighted by atomic mass is 9.89. The van der Waals surface area contributed by atoms with Crippen LogP contribution in [0, 0.1) is 5.92 Å². The van der Waals surface area contributed by atoms with E-state index in [0.29, 0.717) is 6.54 Å². The van der Waals surface area contributed by atoms with Crippen molar-refractivity contribution in [1.29, 1.82) is 0 Å². The zero-order valence-corrected chi connectivity index (χ0v) is 15.5. The van der Waals surface area contributed by atoms with Crippen molar-refractivity contribution in [2.24, 2.45) is 11.7 Å². The summed E-state index contributed by atoms with van der Waals surface area (Å²) in [6, 6.07) is 17.6. The van der Waals surface area contributed by atoms with E-state index >= 15 is 0 Å². The van der Waals surface area contributed by atoms with Crippen molar-refractivity contribution in [3.63, 3.8) is 0 Å². The largest absolute Gasteiger partial charge is 0.326 e. The second-order valence-corrected chi connectivity index (χ2v) is 6.56. The van der Waals surface area contributed by atoms with Crippen LogP contribution in [-0.4, -0.2) is 25.0 Å². The molecule has 0 aliphatic carbocycles. The van der Waals surface area contributed by atoms with Crippen LogP contribution in [0.25, 0.3) is 11.1 Å². The number of piperidine rings is 1. The second-order valence-electron chi connectivity index (χ2n) is 6.56. The molecule has 0 bridgehead atoms. The minimum atomic E-state index is 0.600. The maximum atomic E-state index is 5.76. The first kappa shape index (κ1) is 18.7. The number of nitrogens with two attached hydrogens (primary N) is 1. The van der Waals surface area contributed by atoms with Crippen molar-refractivity contribution in [3.8, 4) is 11.1 Å². The van der Waals surface area contributed by atoms with Gasteiger partial charge in [-0.2, -0.15) is 0 Å². The van der Waals surface area contributed by atoms with E-state index in [2.05, 4.69) is 60.5 Å². The highest BCUT2D eigenvalue weighted by Gasteiger charge is 2.17. The van der Waals surface area contributed by atoms with Gasteiger partial charge in [0.2, 0.25) is 0 Å². The Hall–Kier alpha value is -1.64. The van der Waals surface area contributed by atoms with Crippen molar-refractivity contribution < 1.29 is 0 Å². The Labute approximate surface area is 147 Å². The fourth-order valence-corrected chi connectivity index (χ4v) is 3.36. The molecule has 0 amide bonds. The van der Waals surface area contributed by atoms with Gasteiger partial charge in [0.25, 0.3) is 0 Å². The standard InChI is InChI=1S/C20H26N2.C2H6/c1-22-10-8-16(9-11-22)12-17-4-2-6-19(13-17)20-7-3-5-18(14-20)15-21;1-2/h2-7,13-14,16H,8-12,15,21H2,1H3;1-2H3. The minimum absolute atomic E-state index is 0.600. The summed E-state index contributed by atoms with van der Waals surface area (Å²) in [5.41, 5.74) is 11.0. The van der Waals surface area contributed by atoms with Crippen molar-refractivity contribution in [1.82, 2.24) is 4.90 Å². The Balaban J connectivity index is 0.00000100. The summed E-state index contributed by atoms with van der Waals surface area (Å²) in [5.74, 6) is 0.835. The molecule has 3 rings (SSSR count). The third kappa shape index (κ3) is 5.19. The molecule has 1 aliphatic rings. The molecule has 130 valence electrons. The summed E-state index contributed by atoms with van der Waals surface area (Å²) in [5, 5.41) is 0. The van der Waals surface area contributed by atoms with Crippen molar-refractivity contribution in [2.45, 2.75) is 39.7 Å². The predicted octanol–water partition coefficient (Wildman–Crippen LogP) is 4.72. The number of hydrogen-bond acceptors (Lipinski definition) is 2. The molecule has 1 aliphatic heterocycles. The minimum Gasteiger partial charge on any atom is -0.326 e. The van der Waals surface area contributed by atoms with Crippen LogP contribution in [0.3, 0.4) is 0 Å². The highest BCUT2D eigenvalue weighted by atomic mass is 15.1. The molecule has 0 saturated carbocycles. The van der Waals surface area contributed by atoms with Gasteiger partial charge < -0.3 is 10.6 Å². The Morgan fingerprint density at radius 1 is 0.917 bits per heavy atom. The highest BCUT2D eigenvalue weighted by molar-refractivity contribution is 5.65. The van der Waals surface area contributed by atoms with Crippen LogP contribution >= 0.6 is 0 Å². The fraction of sp³-hybridized carbons (Fsp3) is 0.455. The van der Waals surface area contributed by atoms with Crippen molar-refractivity contribution >= 4 is 0 Å². The normalized spacial score (nSPS) is 15.7. The molecule has 2 aromatic rings. The summed E-state index contributed by atoms with van der Waals surface area (Å²) < 4.78 is 0. The number of hydrogen-bond donors (Lipinski definition) is 1. The van der Waals surface area contributed by atoms with E-state index in [-0.39, 0.29) is 0 Å². The zero-order valence-electron chi connectivity index (χ0n) is 15.5. The summed E-state index contributed by atoms with van der Waals surface area (Å²) in [7, 11) is 2.22. The molecule has 0 aromatic heterocycles. The smallest absolute Gasteiger partial charge is 0.0178 e. The first-order valence-electron chi connectivity index (χ1n) is 9.31. The molecule has 0 radical (unpaired) electrons. The fourth-order valence-electron chi connectivity index (χ4n) is 3.36. The van der Waals surface area contributed by atoms with Crippen LogP contribution in [0.1, 0.15) is 37.8 Å². The van der Waals surface area contributed by atoms with E-state index in [0.717, 1.165) is 5.92 Å². The van der Waals surface area contributed by atoms with Crippen LogP contribution in [-0.2, 0) is 13.0 Å². The molecule has 1 fully saturated rings. The molecular weight excluding hydrogens is 292 g/mol. The maximum absolute atomic E-state index is 5.76. The first-order chi connectivity index (χ1) is 11.7. The monoisotopic (exact) mass is 324 g/mol. The molecule has 2 N–H and O–H groups in total. The van der Waals surface area contributed by atoms with E-state index in [1.165, 1.54) is 54.6 Å². The van der Waals surface area contributed by atoms with E-state index < -0.39 is 0 Å². The maximum Gasteiger partial charge on any atom is 0.0178 e. The van der Waals surface area contributed by atoms with Gasteiger partial charge in [0, 0.05) is 6.54 Å². The first-order valence-corrected chi connectivity index (χ1v) is 9.31. The second kappa shape index (κ2) is 9.61. The molecule has 2 aromatic carbocycles. The lowest BCUT2D eigenvalue weighted by Crippen LogP contribution is -2.30. The summed E-state index contributed by atoms with van der Waals surface area (Å²) >= 11 is 0. The van der Waals surface area contributed by atoms with Crippen LogP contribution in [0.2, 0.25) is 0 Å². The molecule has 2 heteroatoms. The highest BCUT2D eigenvalue weighted by Crippen LogP contribution is 2.25. The Bertz CT molecular complexity index is 613. The van der Waals surface area contributed by atoms with E-state index in [1.807, 2.05) is 13.8 Å². The van der Waals surface area contributed by atoms with Gasteiger partial charge in [-0.15, -0.1) is 0 Å². The van der Waals surface area contributed by atoms with Gasteiger partial charge in [0.1, 0.15) is 0 Å². The van der Waals surface area contributed by atoms with Gasteiger partial charge >= 0.3 is 0 Å². The Morgan fingerprint density at radius 3 is 2.04 bits per heavy atom. The topological polar surface area (TPSA) is 29.3 Å². The van der Waals surface area contributed by atoms with Gasteiger partial charge in [-0.1, -0.05) is 56.3 Å². The van der Waals surface area contributed by atoms with E-state index in [1.54, 1.807) is 0 Å². The Morgan fingerprint density at radius 2 is 1.46 bits per heavy atom. The summed E-state index contributed by atoms with van der Waals surface area (Å²) in [4.78, 5) is 2.44. The lowest BCUT2D eigenvalue weighted by Gasteiger charge is -2.29. The molecule has 2 nitrogen and oxygen atoms in total. The lowest BCUT2D eigenvalue weighted by molar-refractivity contribution is 0.219. The van der Waals surface area contributed by atoms with Gasteiger partial charge in [-0.05, 0) is 73.6 Å². The van der Waals surface area contributed by atoms with Gasteiger partial charge in [-0.3, -0.25) is 0 Å². The van der Waals surface area contributed by atoms with Crippen LogP contribution in [0.4, 0.5) is 0 Å². The molecule has 0 spiro atoms. The molecule has 24 heavy (non-hydrogen) atoms. The van der Waals surface area contributed by atoms with Crippen LogP contribution in [0.15, 0.2) is 48.5 Å². The molecular formula is C22H32N2. The van der Waals surface area contributed by atoms with E-state index in [4.69, 9.17) is 5.73 Å². The average Bonchev–Trinajstić information content (AvgIpc) is 2.65. The van der Waals surface area contributed by atoms with Crippen molar-refractivity contribution in [2.75, 3.05) is 20.1 Å². The Kier molecular flexibility index (Phi) is 7.48. The number of likely N-dealkylation sites (tertiary alicyclic amines) is 1. The summed E-state index contributed by atoms with van der Waals surface area (Å²) in [6.07, 6.45) is 3.85. The number of rotatable bonds is 4. The molecule has 0 atom stereocenters. The van der Waals surface area contributed by atoms with Gasteiger partial charge in [-0.25, -0.2) is 0 Å². The SMILES string of the molecule is CC.CN1CCC(Cc2cccc(-c3cccc(CN)c3)c2)CC1. The molecule has 0 unspecified atom stereocenters. The zero-order chi connectivity index (χ0) is 17.4. The summed E-state index contributed by atoms with van der Waals surface area (Å²) in [6.45, 7) is 7.08. The average molecular weight is 325 g/mol. The van der Waals surface area contributed by atoms with Crippen LogP contribution in [0.5, 0.6) is 0 Å². The van der Waals surface area contributed by atoms with Crippen LogP contribution < -0.4 is 5.73 Å². The third-order valence-electron chi connectivity index (χ3n) is 4.79. The van der Waals surface area contributed by atoms with Crippen molar-refractivity contribution in [3.05, 3.63) is 59.7 Å². The number of benzene rings is 2. The molecule has 1 heterocycles. The third-order valence-corrected chi connectivity index (χ3v) is 4.79. The molecule has 1 saturated heterocycles. The quantitative estimate of drug-likeness (QED) is 0.881. The van der Waals surface area contributed by atoms with Gasteiger partial charge in [0.05, 0.1) is 0 Å². The predicted molar refractivity (Wildman–Crippen MR) is 105 cm³/mol. The number of nitrogens with zero attached hydrogens (tertiary/aromatic N) is 1. The van der Waals surface area contributed by atoms with Gasteiger partial charge in [0.15, 0.2) is 0 Å².